The summed E-state index contributed by atoms with van der Waals surface area (Å²) < 4.78 is 31.7. The van der Waals surface area contributed by atoms with E-state index >= 15 is 0 Å². The fourth-order valence-corrected chi connectivity index (χ4v) is 2.76. The lowest BCUT2D eigenvalue weighted by Gasteiger charge is -2.26. The molecular formula is C12H13BrF2O. The highest BCUT2D eigenvalue weighted by Gasteiger charge is 2.25. The van der Waals surface area contributed by atoms with Gasteiger partial charge in [0.1, 0.15) is 11.6 Å². The molecule has 16 heavy (non-hydrogen) atoms. The summed E-state index contributed by atoms with van der Waals surface area (Å²) in [4.78, 5) is -0.103. The number of hydrogen-bond donors (Lipinski definition) is 0. The first-order chi connectivity index (χ1) is 7.68. The van der Waals surface area contributed by atoms with Crippen LogP contribution in [-0.4, -0.2) is 13.2 Å². The van der Waals surface area contributed by atoms with E-state index in [1.165, 1.54) is 12.1 Å². The summed E-state index contributed by atoms with van der Waals surface area (Å²) in [5.41, 5.74) is 0.511. The van der Waals surface area contributed by atoms with E-state index in [1.54, 1.807) is 0 Å². The van der Waals surface area contributed by atoms with E-state index in [0.717, 1.165) is 25.5 Å². The quantitative estimate of drug-likeness (QED) is 0.752. The molecule has 1 saturated heterocycles. The molecule has 0 spiro atoms. The van der Waals surface area contributed by atoms with Crippen molar-refractivity contribution in [3.05, 3.63) is 35.4 Å². The molecule has 0 amide bonds. The van der Waals surface area contributed by atoms with Crippen LogP contribution in [-0.2, 0) is 4.74 Å². The van der Waals surface area contributed by atoms with Gasteiger partial charge in [-0.25, -0.2) is 8.78 Å². The minimum Gasteiger partial charge on any atom is -0.381 e. The van der Waals surface area contributed by atoms with Crippen molar-refractivity contribution < 1.29 is 13.5 Å². The van der Waals surface area contributed by atoms with Gasteiger partial charge in [0.15, 0.2) is 0 Å². The van der Waals surface area contributed by atoms with Gasteiger partial charge in [-0.05, 0) is 24.8 Å². The van der Waals surface area contributed by atoms with Crippen LogP contribution in [0.2, 0.25) is 0 Å². The number of ether oxygens (including phenoxy) is 1. The molecule has 0 bridgehead atoms. The zero-order chi connectivity index (χ0) is 11.5. The Morgan fingerprint density at radius 2 is 2.19 bits per heavy atom. The molecule has 4 heteroatoms. The summed E-state index contributed by atoms with van der Waals surface area (Å²) in [6.45, 7) is 1.41. The maximum absolute atomic E-state index is 13.5. The second-order valence-corrected chi connectivity index (χ2v) is 5.03. The van der Waals surface area contributed by atoms with Gasteiger partial charge < -0.3 is 4.74 Å². The van der Waals surface area contributed by atoms with E-state index in [4.69, 9.17) is 4.74 Å². The zero-order valence-electron chi connectivity index (χ0n) is 8.76. The summed E-state index contributed by atoms with van der Waals surface area (Å²) >= 11 is 3.48. The molecule has 1 nitrogen and oxygen atoms in total. The number of alkyl halides is 1. The molecule has 2 unspecified atom stereocenters. The number of benzene rings is 1. The van der Waals surface area contributed by atoms with E-state index in [2.05, 4.69) is 15.9 Å². The van der Waals surface area contributed by atoms with Crippen LogP contribution >= 0.6 is 15.9 Å². The first kappa shape index (κ1) is 12.0. The Hall–Kier alpha value is -0.480. The molecule has 0 radical (unpaired) electrons. The van der Waals surface area contributed by atoms with Gasteiger partial charge in [0, 0.05) is 23.1 Å². The van der Waals surface area contributed by atoms with Crippen LogP contribution in [0.3, 0.4) is 0 Å². The fraction of sp³-hybridized carbons (Fsp3) is 0.500. The standard InChI is InChI=1S/C12H13BrF2O/c13-12(8-2-1-5-16-7-8)10-4-3-9(14)6-11(10)15/h3-4,6,8,12H,1-2,5,7H2. The molecule has 1 aromatic carbocycles. The van der Waals surface area contributed by atoms with Crippen LogP contribution in [0, 0.1) is 17.6 Å². The number of rotatable bonds is 2. The third-order valence-electron chi connectivity index (χ3n) is 2.87. The van der Waals surface area contributed by atoms with E-state index in [0.29, 0.717) is 12.2 Å². The van der Waals surface area contributed by atoms with Gasteiger partial charge in [-0.3, -0.25) is 0 Å². The van der Waals surface area contributed by atoms with E-state index in [1.807, 2.05) is 0 Å². The van der Waals surface area contributed by atoms with Gasteiger partial charge in [-0.2, -0.15) is 0 Å². The molecule has 0 saturated carbocycles. The molecule has 1 aromatic rings. The smallest absolute Gasteiger partial charge is 0.130 e. The maximum atomic E-state index is 13.5. The second-order valence-electron chi connectivity index (χ2n) is 4.04. The predicted molar refractivity (Wildman–Crippen MR) is 61.6 cm³/mol. The molecule has 88 valence electrons. The summed E-state index contributed by atoms with van der Waals surface area (Å²) in [6, 6.07) is 3.71. The molecule has 1 heterocycles. The highest BCUT2D eigenvalue weighted by Crippen LogP contribution is 2.37. The lowest BCUT2D eigenvalue weighted by Crippen LogP contribution is -2.21. The van der Waals surface area contributed by atoms with Gasteiger partial charge in [-0.1, -0.05) is 22.0 Å². The first-order valence-corrected chi connectivity index (χ1v) is 6.27. The predicted octanol–water partition coefficient (Wildman–Crippen LogP) is 3.83. The first-order valence-electron chi connectivity index (χ1n) is 5.35. The molecule has 0 aliphatic carbocycles. The third-order valence-corrected chi connectivity index (χ3v) is 4.11. The molecule has 0 N–H and O–H groups in total. The normalized spacial score (nSPS) is 23.1. The van der Waals surface area contributed by atoms with E-state index in [-0.39, 0.29) is 10.7 Å². The van der Waals surface area contributed by atoms with Gasteiger partial charge in [0.05, 0.1) is 6.61 Å². The zero-order valence-corrected chi connectivity index (χ0v) is 10.3. The number of halogens is 3. The highest BCUT2D eigenvalue weighted by atomic mass is 79.9. The molecule has 1 aliphatic rings. The van der Waals surface area contributed by atoms with Crippen molar-refractivity contribution >= 4 is 15.9 Å². The largest absolute Gasteiger partial charge is 0.381 e. The molecule has 0 aromatic heterocycles. The van der Waals surface area contributed by atoms with Crippen molar-refractivity contribution in [2.24, 2.45) is 5.92 Å². The van der Waals surface area contributed by atoms with Crippen molar-refractivity contribution in [2.75, 3.05) is 13.2 Å². The monoisotopic (exact) mass is 290 g/mol. The number of hydrogen-bond acceptors (Lipinski definition) is 1. The van der Waals surface area contributed by atoms with Crippen LogP contribution in [0.15, 0.2) is 18.2 Å². The van der Waals surface area contributed by atoms with Crippen molar-refractivity contribution in [2.45, 2.75) is 17.7 Å². The van der Waals surface area contributed by atoms with Crippen molar-refractivity contribution in [1.82, 2.24) is 0 Å². The average molecular weight is 291 g/mol. The molecule has 1 fully saturated rings. The van der Waals surface area contributed by atoms with Gasteiger partial charge in [0.25, 0.3) is 0 Å². The SMILES string of the molecule is Fc1ccc(C(Br)C2CCCOC2)c(F)c1. The lowest BCUT2D eigenvalue weighted by molar-refractivity contribution is 0.0543. The van der Waals surface area contributed by atoms with Crippen molar-refractivity contribution in [3.63, 3.8) is 0 Å². The summed E-state index contributed by atoms with van der Waals surface area (Å²) in [5.74, 6) is -0.776. The molecular weight excluding hydrogens is 278 g/mol. The molecule has 2 atom stereocenters. The Balaban J connectivity index is 2.15. The summed E-state index contributed by atoms with van der Waals surface area (Å²) in [6.07, 6.45) is 2.00. The second kappa shape index (κ2) is 5.23. The maximum Gasteiger partial charge on any atom is 0.130 e. The summed E-state index contributed by atoms with van der Waals surface area (Å²) in [7, 11) is 0. The lowest BCUT2D eigenvalue weighted by atomic mass is 9.94. The van der Waals surface area contributed by atoms with Crippen molar-refractivity contribution in [3.8, 4) is 0 Å². The third kappa shape index (κ3) is 2.61. The average Bonchev–Trinajstić information content (AvgIpc) is 2.29. The van der Waals surface area contributed by atoms with E-state index in [9.17, 15) is 8.78 Å². The minimum absolute atomic E-state index is 0.103. The van der Waals surface area contributed by atoms with Crippen LogP contribution in [0.4, 0.5) is 8.78 Å². The van der Waals surface area contributed by atoms with Crippen LogP contribution in [0.1, 0.15) is 23.2 Å². The van der Waals surface area contributed by atoms with Crippen molar-refractivity contribution in [1.29, 1.82) is 0 Å². The Morgan fingerprint density at radius 1 is 1.38 bits per heavy atom. The van der Waals surface area contributed by atoms with Gasteiger partial charge in [-0.15, -0.1) is 0 Å². The Kier molecular flexibility index (Phi) is 3.92. The Bertz CT molecular complexity index is 364. The minimum atomic E-state index is -0.541. The van der Waals surface area contributed by atoms with Gasteiger partial charge in [0.2, 0.25) is 0 Å². The Labute approximate surface area is 102 Å². The van der Waals surface area contributed by atoms with Crippen LogP contribution < -0.4 is 0 Å². The summed E-state index contributed by atoms with van der Waals surface area (Å²) in [5, 5.41) is 0. The highest BCUT2D eigenvalue weighted by molar-refractivity contribution is 9.09. The Morgan fingerprint density at radius 3 is 2.81 bits per heavy atom. The fourth-order valence-electron chi connectivity index (χ4n) is 1.98. The van der Waals surface area contributed by atoms with Crippen LogP contribution in [0.25, 0.3) is 0 Å². The molecule has 2 rings (SSSR count). The van der Waals surface area contributed by atoms with E-state index < -0.39 is 11.6 Å². The van der Waals surface area contributed by atoms with Gasteiger partial charge >= 0.3 is 0 Å². The molecule has 1 aliphatic heterocycles. The van der Waals surface area contributed by atoms with Crippen LogP contribution in [0.5, 0.6) is 0 Å². The topological polar surface area (TPSA) is 9.23 Å².